The van der Waals surface area contributed by atoms with E-state index in [4.69, 9.17) is 32.6 Å². The van der Waals surface area contributed by atoms with Gasteiger partial charge in [-0.1, -0.05) is 6.47 Å². The second-order valence-electron chi connectivity index (χ2n) is 6.00. The molecule has 0 spiro atoms. The normalized spacial score (nSPS) is 13.3. The molecule has 3 unspecified atom stereocenters. The second-order valence-corrected chi connectivity index (χ2v) is 7.78. The summed E-state index contributed by atoms with van der Waals surface area (Å²) in [6.45, 7) is 4.13. The summed E-state index contributed by atoms with van der Waals surface area (Å²) in [5.41, 5.74) is 0. The van der Waals surface area contributed by atoms with E-state index in [1.807, 2.05) is 0 Å². The number of carbonyl (C=O) groups excluding carboxylic acids is 4. The standard InChI is InChI=1S/C17H32N2O11P.CHO.2Cs/c1-18-7-5-16(21)26-10-15(30-17(22)6-8-19-2)12-29-31(23,25-4)28-11-14(9-24-3)27-13-20;1-2;;/h14-15,18-19H,5-12H2,1-4H3;1H;;/q2*-1;2*+1. The molecule has 0 aromatic rings. The summed E-state index contributed by atoms with van der Waals surface area (Å²) in [5, 5.41) is 5.60. The third-order valence-corrected chi connectivity index (χ3v) is 4.89. The van der Waals surface area contributed by atoms with Crippen LogP contribution in [-0.2, 0) is 56.3 Å². The third-order valence-electron chi connectivity index (χ3n) is 3.51. The molecule has 0 radical (unpaired) electrons. The summed E-state index contributed by atoms with van der Waals surface area (Å²) in [4.78, 5) is 41.8. The van der Waals surface area contributed by atoms with Gasteiger partial charge in [0, 0.05) is 27.3 Å². The average Bonchev–Trinajstić information content (AvgIpc) is 2.83. The van der Waals surface area contributed by atoms with Gasteiger partial charge in [0.25, 0.3) is 0 Å². The van der Waals surface area contributed by atoms with E-state index in [-0.39, 0.29) is 170 Å². The summed E-state index contributed by atoms with van der Waals surface area (Å²) in [6.07, 6.45) is -1.76. The minimum absolute atomic E-state index is 0. The van der Waals surface area contributed by atoms with Gasteiger partial charge in [0.05, 0.1) is 32.7 Å². The van der Waals surface area contributed by atoms with Crippen LogP contribution in [0.5, 0.6) is 0 Å². The Kier molecular flexibility index (Phi) is 38.8. The Morgan fingerprint density at radius 3 is 1.86 bits per heavy atom. The third kappa shape index (κ3) is 26.2. The molecule has 17 heteroatoms. The zero-order valence-corrected chi connectivity index (χ0v) is 34.7. The van der Waals surface area contributed by atoms with Crippen molar-refractivity contribution in [3.8, 4) is 0 Å². The van der Waals surface area contributed by atoms with E-state index >= 15 is 0 Å². The van der Waals surface area contributed by atoms with Crippen molar-refractivity contribution in [3.05, 3.63) is 0 Å². The minimum Gasteiger partial charge on any atom is -0.648 e. The maximum absolute atomic E-state index is 12.6. The van der Waals surface area contributed by atoms with Crippen LogP contribution in [0, 0.1) is 0 Å². The number of hydrogen-bond acceptors (Lipinski definition) is 14. The van der Waals surface area contributed by atoms with E-state index < -0.39 is 38.6 Å². The van der Waals surface area contributed by atoms with E-state index in [9.17, 15) is 18.9 Å². The predicted octanol–water partition coefficient (Wildman–Crippen LogP) is -6.72. The molecule has 0 aromatic carbocycles. The van der Waals surface area contributed by atoms with Crippen LogP contribution in [0.2, 0.25) is 0 Å². The fourth-order valence-electron chi connectivity index (χ4n) is 1.93. The molecule has 0 amide bonds. The van der Waals surface area contributed by atoms with Crippen molar-refractivity contribution >= 4 is 33.0 Å². The SMILES string of the molecule is CNCCC(=O)OCC(COP(=O)(OC)OCC(COC)O[C-]=O)OC(=O)CCNC.[CH-]=O.[Cs+].[Cs+]. The summed E-state index contributed by atoms with van der Waals surface area (Å²) in [7, 11) is 1.72. The number of nitrogens with one attached hydrogen (secondary N) is 2. The van der Waals surface area contributed by atoms with E-state index in [1.165, 1.54) is 13.6 Å². The van der Waals surface area contributed by atoms with E-state index in [2.05, 4.69) is 22.2 Å². The maximum atomic E-state index is 12.6. The molecule has 0 saturated carbocycles. The molecule has 0 heterocycles. The first-order valence-corrected chi connectivity index (χ1v) is 11.1. The van der Waals surface area contributed by atoms with Crippen LogP contribution in [0.1, 0.15) is 12.8 Å². The van der Waals surface area contributed by atoms with E-state index in [1.54, 1.807) is 14.1 Å². The van der Waals surface area contributed by atoms with Gasteiger partial charge in [-0.15, -0.1) is 0 Å². The quantitative estimate of drug-likeness (QED) is 0.0394. The van der Waals surface area contributed by atoms with Crippen LogP contribution in [0.15, 0.2) is 0 Å². The van der Waals surface area contributed by atoms with Crippen molar-refractivity contribution in [3.63, 3.8) is 0 Å². The molecular weight excluding hydrogens is 733 g/mol. The molecule has 0 aliphatic heterocycles. The van der Waals surface area contributed by atoms with Crippen molar-refractivity contribution < 1.29 is 194 Å². The number of methoxy groups -OCH3 is 1. The van der Waals surface area contributed by atoms with Crippen molar-refractivity contribution in [2.24, 2.45) is 0 Å². The number of esters is 2. The van der Waals surface area contributed by atoms with Gasteiger partial charge in [-0.05, 0) is 14.1 Å². The molecule has 14 nitrogen and oxygen atoms in total. The van der Waals surface area contributed by atoms with Gasteiger partial charge in [0.2, 0.25) is 0 Å². The summed E-state index contributed by atoms with van der Waals surface area (Å²) in [5.74, 6) is -1.08. The van der Waals surface area contributed by atoms with Crippen molar-refractivity contribution in [1.82, 2.24) is 10.6 Å². The van der Waals surface area contributed by atoms with Crippen molar-refractivity contribution in [1.29, 1.82) is 0 Å². The molecule has 0 bridgehead atoms. The Morgan fingerprint density at radius 2 is 1.40 bits per heavy atom. The molecular formula is C18H33Cs2N2O12P. The maximum Gasteiger partial charge on any atom is 1.00 e. The largest absolute Gasteiger partial charge is 1.00 e. The van der Waals surface area contributed by atoms with E-state index in [0.717, 1.165) is 7.11 Å². The Morgan fingerprint density at radius 1 is 0.886 bits per heavy atom. The molecule has 0 aromatic heterocycles. The van der Waals surface area contributed by atoms with Crippen molar-refractivity contribution in [2.75, 3.05) is 67.8 Å². The zero-order chi connectivity index (χ0) is 25.5. The van der Waals surface area contributed by atoms with Crippen LogP contribution < -0.4 is 148 Å². The van der Waals surface area contributed by atoms with Crippen LogP contribution in [0.3, 0.4) is 0 Å². The molecule has 0 saturated heterocycles. The van der Waals surface area contributed by atoms with Crippen LogP contribution in [-0.4, -0.2) is 105 Å². The molecule has 194 valence electrons. The minimum atomic E-state index is -4.10. The van der Waals surface area contributed by atoms with Crippen molar-refractivity contribution in [2.45, 2.75) is 25.0 Å². The van der Waals surface area contributed by atoms with Gasteiger partial charge in [-0.25, -0.2) is 4.57 Å². The first-order chi connectivity index (χ1) is 15.8. The smallest absolute Gasteiger partial charge is 0.648 e. The predicted molar refractivity (Wildman–Crippen MR) is 114 cm³/mol. The number of carbonyl (C=O) groups is 2. The molecule has 0 aliphatic carbocycles. The number of ether oxygens (including phenoxy) is 4. The van der Waals surface area contributed by atoms with Gasteiger partial charge in [0.1, 0.15) is 12.7 Å². The van der Waals surface area contributed by atoms with Crippen LogP contribution in [0.4, 0.5) is 0 Å². The summed E-state index contributed by atoms with van der Waals surface area (Å²) in [6, 6.07) is 0. The Bertz CT molecular complexity index is 592. The summed E-state index contributed by atoms with van der Waals surface area (Å²) >= 11 is 0. The number of rotatable bonds is 20. The number of hydrogen-bond donors (Lipinski definition) is 2. The first-order valence-electron chi connectivity index (χ1n) is 9.68. The molecule has 2 N–H and O–H groups in total. The Hall–Kier alpha value is 2.17. The monoisotopic (exact) mass is 766 g/mol. The molecule has 0 rings (SSSR count). The first kappa shape index (κ1) is 44.2. The van der Waals surface area contributed by atoms with Crippen LogP contribution in [0.25, 0.3) is 0 Å². The molecule has 35 heavy (non-hydrogen) atoms. The topological polar surface area (TPSA) is 174 Å². The molecule has 3 atom stereocenters. The Labute approximate surface area is 324 Å². The fraction of sp³-hybridized carbons (Fsp3) is 0.778. The zero-order valence-electron chi connectivity index (χ0n) is 21.2. The second kappa shape index (κ2) is 30.7. The molecule has 0 fully saturated rings. The van der Waals surface area contributed by atoms with Gasteiger partial charge in [-0.3, -0.25) is 29.9 Å². The fourth-order valence-corrected chi connectivity index (χ4v) is 2.92. The summed E-state index contributed by atoms with van der Waals surface area (Å²) < 4.78 is 47.4. The van der Waals surface area contributed by atoms with Gasteiger partial charge in [0.15, 0.2) is 6.10 Å². The van der Waals surface area contributed by atoms with E-state index in [0.29, 0.717) is 13.1 Å². The number of phosphoric acid groups is 1. The molecule has 0 aliphatic rings. The Balaban J connectivity index is -0.00000117. The van der Waals surface area contributed by atoms with Gasteiger partial charge < -0.3 is 39.2 Å². The van der Waals surface area contributed by atoms with Gasteiger partial charge >= 0.3 is 158 Å². The average molecular weight is 766 g/mol. The number of phosphoric ester groups is 1. The van der Waals surface area contributed by atoms with Crippen LogP contribution >= 0.6 is 7.82 Å². The van der Waals surface area contributed by atoms with Gasteiger partial charge in [-0.2, -0.15) is 0 Å².